The van der Waals surface area contributed by atoms with Crippen molar-refractivity contribution in [2.75, 3.05) is 0 Å². The monoisotopic (exact) mass is 239 g/mol. The van der Waals surface area contributed by atoms with Crippen molar-refractivity contribution in [2.24, 2.45) is 0 Å². The lowest BCUT2D eigenvalue weighted by atomic mass is 10.3. The number of rotatable bonds is 4. The van der Waals surface area contributed by atoms with Crippen molar-refractivity contribution in [3.8, 4) is 0 Å². The minimum Gasteiger partial charge on any atom is -0.306 e. The molecule has 0 spiro atoms. The predicted molar refractivity (Wildman–Crippen MR) is 67.8 cm³/mol. The van der Waals surface area contributed by atoms with E-state index in [1.165, 1.54) is 0 Å². The zero-order valence-electron chi connectivity index (χ0n) is 9.82. The molecule has 0 aliphatic heterocycles. The molecular formula is C13H13N5. The Morgan fingerprint density at radius 2 is 2.06 bits per heavy atom. The number of hydrogen-bond acceptors (Lipinski definition) is 4. The number of aromatic nitrogens is 4. The summed E-state index contributed by atoms with van der Waals surface area (Å²) in [6.45, 7) is 1.45. The second-order valence-corrected chi connectivity index (χ2v) is 4.01. The van der Waals surface area contributed by atoms with Gasteiger partial charge in [0.15, 0.2) is 11.5 Å². The molecule has 0 saturated heterocycles. The third-order valence-corrected chi connectivity index (χ3v) is 2.72. The first-order valence-corrected chi connectivity index (χ1v) is 5.82. The van der Waals surface area contributed by atoms with Crippen LogP contribution in [-0.2, 0) is 13.1 Å². The van der Waals surface area contributed by atoms with Gasteiger partial charge in [0.25, 0.3) is 0 Å². The Balaban J connectivity index is 1.67. The molecule has 0 saturated carbocycles. The van der Waals surface area contributed by atoms with Gasteiger partial charge in [0.1, 0.15) is 0 Å². The molecular weight excluding hydrogens is 226 g/mol. The smallest absolute Gasteiger partial charge is 0.160 e. The fourth-order valence-corrected chi connectivity index (χ4v) is 1.83. The Kier molecular flexibility index (Phi) is 2.97. The van der Waals surface area contributed by atoms with E-state index in [0.717, 1.165) is 23.6 Å². The third kappa shape index (κ3) is 2.21. The molecule has 0 aliphatic carbocycles. The fraction of sp³-hybridized carbons (Fsp3) is 0.154. The molecule has 18 heavy (non-hydrogen) atoms. The minimum absolute atomic E-state index is 0.681. The average Bonchev–Trinajstić information content (AvgIpc) is 2.84. The van der Waals surface area contributed by atoms with Gasteiger partial charge in [-0.15, -0.1) is 10.2 Å². The van der Waals surface area contributed by atoms with Gasteiger partial charge in [-0.3, -0.25) is 9.38 Å². The van der Waals surface area contributed by atoms with Crippen LogP contribution in [-0.4, -0.2) is 19.6 Å². The van der Waals surface area contributed by atoms with E-state index in [9.17, 15) is 0 Å². The molecule has 3 heterocycles. The molecule has 5 heteroatoms. The Bertz CT molecular complexity index is 632. The van der Waals surface area contributed by atoms with Crippen molar-refractivity contribution in [3.05, 3.63) is 60.3 Å². The molecule has 3 aromatic heterocycles. The summed E-state index contributed by atoms with van der Waals surface area (Å²) in [7, 11) is 0. The van der Waals surface area contributed by atoms with E-state index >= 15 is 0 Å². The number of nitrogens with one attached hydrogen (secondary N) is 1. The summed E-state index contributed by atoms with van der Waals surface area (Å²) >= 11 is 0. The fourth-order valence-electron chi connectivity index (χ4n) is 1.83. The molecule has 3 aromatic rings. The average molecular weight is 239 g/mol. The van der Waals surface area contributed by atoms with Crippen LogP contribution in [0.2, 0.25) is 0 Å². The largest absolute Gasteiger partial charge is 0.306 e. The number of nitrogens with zero attached hydrogens (tertiary/aromatic N) is 4. The number of hydrogen-bond donors (Lipinski definition) is 1. The summed E-state index contributed by atoms with van der Waals surface area (Å²) in [5, 5.41) is 11.6. The van der Waals surface area contributed by atoms with Gasteiger partial charge in [-0.25, -0.2) is 0 Å². The van der Waals surface area contributed by atoms with E-state index in [1.807, 2.05) is 47.1 Å². The molecule has 5 nitrogen and oxygen atoms in total. The van der Waals surface area contributed by atoms with Gasteiger partial charge in [0.05, 0.1) is 6.54 Å². The molecule has 0 aliphatic rings. The van der Waals surface area contributed by atoms with E-state index in [4.69, 9.17) is 0 Å². The SMILES string of the molecule is c1cncc(CNCc2nnc3ccccn23)c1. The minimum atomic E-state index is 0.681. The third-order valence-electron chi connectivity index (χ3n) is 2.72. The lowest BCUT2D eigenvalue weighted by molar-refractivity contribution is 0.655. The highest BCUT2D eigenvalue weighted by atomic mass is 15.3. The van der Waals surface area contributed by atoms with E-state index in [-0.39, 0.29) is 0 Å². The van der Waals surface area contributed by atoms with Crippen LogP contribution in [0.5, 0.6) is 0 Å². The van der Waals surface area contributed by atoms with Crippen molar-refractivity contribution in [2.45, 2.75) is 13.1 Å². The highest BCUT2D eigenvalue weighted by Gasteiger charge is 2.03. The molecule has 0 unspecified atom stereocenters. The lowest BCUT2D eigenvalue weighted by Crippen LogP contribution is -2.15. The summed E-state index contributed by atoms with van der Waals surface area (Å²) in [6.07, 6.45) is 5.60. The first-order valence-electron chi connectivity index (χ1n) is 5.82. The van der Waals surface area contributed by atoms with Crippen molar-refractivity contribution in [1.29, 1.82) is 0 Å². The summed E-state index contributed by atoms with van der Waals surface area (Å²) in [5.74, 6) is 0.912. The van der Waals surface area contributed by atoms with Crippen molar-refractivity contribution in [3.63, 3.8) is 0 Å². The maximum atomic E-state index is 4.16. The maximum absolute atomic E-state index is 4.16. The van der Waals surface area contributed by atoms with E-state index in [0.29, 0.717) is 6.54 Å². The highest BCUT2D eigenvalue weighted by molar-refractivity contribution is 5.36. The zero-order valence-corrected chi connectivity index (χ0v) is 9.82. The molecule has 0 bridgehead atoms. The molecule has 0 aromatic carbocycles. The Morgan fingerprint density at radius 1 is 1.06 bits per heavy atom. The molecule has 0 fully saturated rings. The van der Waals surface area contributed by atoms with Crippen molar-refractivity contribution in [1.82, 2.24) is 24.9 Å². The van der Waals surface area contributed by atoms with E-state index in [1.54, 1.807) is 6.20 Å². The Morgan fingerprint density at radius 3 is 2.94 bits per heavy atom. The van der Waals surface area contributed by atoms with Crippen LogP contribution >= 0.6 is 0 Å². The van der Waals surface area contributed by atoms with Crippen LogP contribution in [0.25, 0.3) is 5.65 Å². The van der Waals surface area contributed by atoms with E-state index in [2.05, 4.69) is 20.5 Å². The first-order chi connectivity index (χ1) is 8.93. The Hall–Kier alpha value is -2.27. The van der Waals surface area contributed by atoms with E-state index < -0.39 is 0 Å². The predicted octanol–water partition coefficient (Wildman–Crippen LogP) is 1.41. The van der Waals surface area contributed by atoms with Crippen LogP contribution in [0.3, 0.4) is 0 Å². The number of pyridine rings is 2. The van der Waals surface area contributed by atoms with Gasteiger partial charge in [0.2, 0.25) is 0 Å². The first kappa shape index (κ1) is 10.9. The van der Waals surface area contributed by atoms with Crippen LogP contribution in [0.4, 0.5) is 0 Å². The van der Waals surface area contributed by atoms with Gasteiger partial charge in [0, 0.05) is 25.1 Å². The second kappa shape index (κ2) is 4.93. The zero-order chi connectivity index (χ0) is 12.2. The molecule has 0 radical (unpaired) electrons. The topological polar surface area (TPSA) is 55.1 Å². The van der Waals surface area contributed by atoms with Crippen molar-refractivity contribution >= 4 is 5.65 Å². The van der Waals surface area contributed by atoms with Crippen molar-refractivity contribution < 1.29 is 0 Å². The number of fused-ring (bicyclic) bond motifs is 1. The normalized spacial score (nSPS) is 10.9. The molecule has 3 rings (SSSR count). The quantitative estimate of drug-likeness (QED) is 0.748. The van der Waals surface area contributed by atoms with Crippen LogP contribution in [0.15, 0.2) is 48.9 Å². The lowest BCUT2D eigenvalue weighted by Gasteiger charge is -2.03. The summed E-state index contributed by atoms with van der Waals surface area (Å²) in [6, 6.07) is 9.85. The molecule has 0 atom stereocenters. The van der Waals surface area contributed by atoms with Gasteiger partial charge in [-0.1, -0.05) is 12.1 Å². The van der Waals surface area contributed by atoms with Gasteiger partial charge < -0.3 is 5.32 Å². The highest BCUT2D eigenvalue weighted by Crippen LogP contribution is 2.03. The Labute approximate surface area is 105 Å². The van der Waals surface area contributed by atoms with Gasteiger partial charge >= 0.3 is 0 Å². The van der Waals surface area contributed by atoms with Crippen LogP contribution < -0.4 is 5.32 Å². The van der Waals surface area contributed by atoms with Crippen LogP contribution in [0, 0.1) is 0 Å². The van der Waals surface area contributed by atoms with Gasteiger partial charge in [-0.05, 0) is 23.8 Å². The van der Waals surface area contributed by atoms with Gasteiger partial charge in [-0.2, -0.15) is 0 Å². The summed E-state index contributed by atoms with van der Waals surface area (Å²) < 4.78 is 1.98. The van der Waals surface area contributed by atoms with Crippen LogP contribution in [0.1, 0.15) is 11.4 Å². The molecule has 0 amide bonds. The standard InChI is InChI=1S/C13H13N5/c1-2-7-18-12(5-1)16-17-13(18)10-15-9-11-4-3-6-14-8-11/h1-8,15H,9-10H2. The summed E-state index contributed by atoms with van der Waals surface area (Å²) in [4.78, 5) is 4.08. The second-order valence-electron chi connectivity index (χ2n) is 4.01. The molecule has 90 valence electrons. The molecule has 1 N–H and O–H groups in total. The summed E-state index contributed by atoms with van der Waals surface area (Å²) in [5.41, 5.74) is 2.03. The maximum Gasteiger partial charge on any atom is 0.160 e.